The van der Waals surface area contributed by atoms with Crippen LogP contribution < -0.4 is 10.5 Å². The van der Waals surface area contributed by atoms with Crippen LogP contribution in [0.1, 0.15) is 32.1 Å². The molecule has 2 rings (SSSR count). The summed E-state index contributed by atoms with van der Waals surface area (Å²) in [4.78, 5) is 0.296. The van der Waals surface area contributed by atoms with Gasteiger partial charge in [-0.2, -0.15) is 0 Å². The predicted octanol–water partition coefficient (Wildman–Crippen LogP) is 2.09. The van der Waals surface area contributed by atoms with Crippen LogP contribution >= 0.6 is 0 Å². The molecular weight excluding hydrogens is 250 g/mol. The molecule has 100 valence electrons. The molecule has 0 amide bonds. The Morgan fingerprint density at radius 1 is 1.11 bits per heavy atom. The molecule has 0 aromatic heterocycles. The van der Waals surface area contributed by atoms with Gasteiger partial charge in [0, 0.05) is 19.1 Å². The molecule has 2 N–H and O–H groups in total. The van der Waals surface area contributed by atoms with Crippen molar-refractivity contribution in [2.75, 3.05) is 6.26 Å². The fraction of sp³-hybridized carbons (Fsp3) is 0.538. The number of ether oxygens (including phenoxy) is 1. The third-order valence-corrected chi connectivity index (χ3v) is 4.40. The van der Waals surface area contributed by atoms with Gasteiger partial charge in [-0.1, -0.05) is 6.42 Å². The van der Waals surface area contributed by atoms with Gasteiger partial charge in [-0.25, -0.2) is 8.42 Å². The van der Waals surface area contributed by atoms with E-state index in [9.17, 15) is 8.42 Å². The Morgan fingerprint density at radius 2 is 1.67 bits per heavy atom. The summed E-state index contributed by atoms with van der Waals surface area (Å²) in [6.07, 6.45) is 6.25. The molecule has 18 heavy (non-hydrogen) atoms. The lowest BCUT2D eigenvalue weighted by molar-refractivity contribution is 0.0364. The first kappa shape index (κ1) is 13.4. The van der Waals surface area contributed by atoms with Crippen molar-refractivity contribution in [2.24, 2.45) is 5.73 Å². The number of benzene rings is 1. The van der Waals surface area contributed by atoms with Crippen molar-refractivity contribution >= 4 is 9.84 Å². The van der Waals surface area contributed by atoms with E-state index in [1.165, 1.54) is 12.7 Å². The van der Waals surface area contributed by atoms with E-state index in [0.29, 0.717) is 10.6 Å². The fourth-order valence-electron chi connectivity index (χ4n) is 2.24. The van der Waals surface area contributed by atoms with Crippen LogP contribution in [-0.4, -0.2) is 20.4 Å². The van der Waals surface area contributed by atoms with Gasteiger partial charge >= 0.3 is 0 Å². The fourth-order valence-corrected chi connectivity index (χ4v) is 2.87. The number of hydrogen-bond donors (Lipinski definition) is 1. The van der Waals surface area contributed by atoms with Gasteiger partial charge in [0.2, 0.25) is 0 Å². The molecule has 5 heteroatoms. The first-order valence-electron chi connectivity index (χ1n) is 6.17. The van der Waals surface area contributed by atoms with Crippen molar-refractivity contribution in [3.05, 3.63) is 24.3 Å². The van der Waals surface area contributed by atoms with Gasteiger partial charge in [-0.05, 0) is 37.1 Å². The minimum absolute atomic E-state index is 0.296. The zero-order chi connectivity index (χ0) is 13.2. The largest absolute Gasteiger partial charge is 0.473 e. The Morgan fingerprint density at radius 3 is 2.17 bits per heavy atom. The molecule has 0 bridgehead atoms. The Bertz CT molecular complexity index is 502. The summed E-state index contributed by atoms with van der Waals surface area (Å²) in [6, 6.07) is 6.44. The van der Waals surface area contributed by atoms with Crippen LogP contribution in [0.4, 0.5) is 0 Å². The maximum atomic E-state index is 11.3. The van der Waals surface area contributed by atoms with Crippen LogP contribution in [0, 0.1) is 0 Å². The third kappa shape index (κ3) is 3.23. The average Bonchev–Trinajstić information content (AvgIpc) is 2.29. The van der Waals surface area contributed by atoms with Crippen molar-refractivity contribution < 1.29 is 13.2 Å². The first-order chi connectivity index (χ1) is 8.39. The molecule has 0 aliphatic heterocycles. The van der Waals surface area contributed by atoms with Crippen LogP contribution in [0.5, 0.6) is 5.75 Å². The molecule has 0 atom stereocenters. The molecule has 1 aromatic carbocycles. The molecule has 0 radical (unpaired) electrons. The highest BCUT2D eigenvalue weighted by molar-refractivity contribution is 7.90. The minimum atomic E-state index is -3.15. The van der Waals surface area contributed by atoms with E-state index in [1.54, 1.807) is 24.3 Å². The normalized spacial score (nSPS) is 19.4. The van der Waals surface area contributed by atoms with Crippen LogP contribution in [-0.2, 0) is 9.84 Å². The number of hydrogen-bond acceptors (Lipinski definition) is 4. The van der Waals surface area contributed by atoms with Crippen molar-refractivity contribution in [3.8, 4) is 5.75 Å². The first-order valence-corrected chi connectivity index (χ1v) is 8.06. The van der Waals surface area contributed by atoms with Crippen molar-refractivity contribution in [2.45, 2.75) is 42.7 Å². The highest BCUT2D eigenvalue weighted by atomic mass is 32.2. The summed E-state index contributed by atoms with van der Waals surface area (Å²) in [5, 5.41) is 0. The molecule has 1 aliphatic rings. The summed E-state index contributed by atoms with van der Waals surface area (Å²) in [7, 11) is -3.15. The summed E-state index contributed by atoms with van der Waals surface area (Å²) < 4.78 is 28.5. The molecule has 0 heterocycles. The second kappa shape index (κ2) is 4.90. The van der Waals surface area contributed by atoms with Crippen molar-refractivity contribution in [3.63, 3.8) is 0 Å². The lowest BCUT2D eigenvalue weighted by Crippen LogP contribution is -2.47. The quantitative estimate of drug-likeness (QED) is 0.853. The Balaban J connectivity index is 2.11. The Labute approximate surface area is 108 Å². The van der Waals surface area contributed by atoms with E-state index in [0.717, 1.165) is 25.7 Å². The van der Waals surface area contributed by atoms with Gasteiger partial charge in [-0.15, -0.1) is 0 Å². The summed E-state index contributed by atoms with van der Waals surface area (Å²) in [6.45, 7) is 0. The van der Waals surface area contributed by atoms with E-state index >= 15 is 0 Å². The molecule has 1 aromatic rings. The molecule has 0 spiro atoms. The molecular formula is C13H19NO3S. The lowest BCUT2D eigenvalue weighted by atomic mass is 9.92. The SMILES string of the molecule is CS(=O)(=O)c1ccc(OC2(N)CCCCC2)cc1. The highest BCUT2D eigenvalue weighted by Gasteiger charge is 2.29. The standard InChI is InChI=1S/C13H19NO3S/c1-18(15,16)12-7-5-11(6-8-12)17-13(14)9-3-2-4-10-13/h5-8H,2-4,9-10,14H2,1H3. The predicted molar refractivity (Wildman–Crippen MR) is 70.2 cm³/mol. The second-order valence-corrected chi connectivity index (χ2v) is 6.99. The van der Waals surface area contributed by atoms with E-state index in [4.69, 9.17) is 10.5 Å². The summed E-state index contributed by atoms with van der Waals surface area (Å²) >= 11 is 0. The van der Waals surface area contributed by atoms with Crippen LogP contribution in [0.3, 0.4) is 0 Å². The maximum Gasteiger partial charge on any atom is 0.175 e. The van der Waals surface area contributed by atoms with Gasteiger partial charge < -0.3 is 4.74 Å². The monoisotopic (exact) mass is 269 g/mol. The number of sulfone groups is 1. The molecule has 1 saturated carbocycles. The zero-order valence-electron chi connectivity index (χ0n) is 10.6. The van der Waals surface area contributed by atoms with Crippen LogP contribution in [0.15, 0.2) is 29.2 Å². The zero-order valence-corrected chi connectivity index (χ0v) is 11.4. The maximum absolute atomic E-state index is 11.3. The number of nitrogens with two attached hydrogens (primary N) is 1. The van der Waals surface area contributed by atoms with Gasteiger partial charge in [0.25, 0.3) is 0 Å². The van der Waals surface area contributed by atoms with E-state index in [1.807, 2.05) is 0 Å². The molecule has 0 unspecified atom stereocenters. The molecule has 1 aliphatic carbocycles. The second-order valence-electron chi connectivity index (χ2n) is 4.97. The van der Waals surface area contributed by atoms with Gasteiger partial charge in [0.1, 0.15) is 5.75 Å². The Hall–Kier alpha value is -1.07. The van der Waals surface area contributed by atoms with Gasteiger partial charge in [0.05, 0.1) is 4.90 Å². The summed E-state index contributed by atoms with van der Waals surface area (Å²) in [5.74, 6) is 0.631. The summed E-state index contributed by atoms with van der Waals surface area (Å²) in [5.41, 5.74) is 5.58. The molecule has 0 saturated heterocycles. The van der Waals surface area contributed by atoms with Crippen molar-refractivity contribution in [1.29, 1.82) is 0 Å². The van der Waals surface area contributed by atoms with E-state index in [2.05, 4.69) is 0 Å². The highest BCUT2D eigenvalue weighted by Crippen LogP contribution is 2.29. The molecule has 1 fully saturated rings. The van der Waals surface area contributed by atoms with Crippen molar-refractivity contribution in [1.82, 2.24) is 0 Å². The number of rotatable bonds is 3. The lowest BCUT2D eigenvalue weighted by Gasteiger charge is -2.33. The van der Waals surface area contributed by atoms with E-state index < -0.39 is 15.6 Å². The minimum Gasteiger partial charge on any atom is -0.473 e. The average molecular weight is 269 g/mol. The topological polar surface area (TPSA) is 69.4 Å². The van der Waals surface area contributed by atoms with Crippen LogP contribution in [0.2, 0.25) is 0 Å². The Kier molecular flexibility index (Phi) is 3.64. The van der Waals surface area contributed by atoms with Gasteiger partial charge in [-0.3, -0.25) is 5.73 Å². The van der Waals surface area contributed by atoms with E-state index in [-0.39, 0.29) is 0 Å². The third-order valence-electron chi connectivity index (χ3n) is 3.27. The molecule has 4 nitrogen and oxygen atoms in total. The smallest absolute Gasteiger partial charge is 0.175 e. The van der Waals surface area contributed by atoms with Gasteiger partial charge in [0.15, 0.2) is 15.6 Å². The van der Waals surface area contributed by atoms with Crippen LogP contribution in [0.25, 0.3) is 0 Å².